The first-order valence-electron chi connectivity index (χ1n) is 5.30. The molecule has 0 fully saturated rings. The molecule has 0 saturated carbocycles. The fourth-order valence-electron chi connectivity index (χ4n) is 1.82. The molecule has 0 heterocycles. The van der Waals surface area contributed by atoms with Gasteiger partial charge in [0.05, 0.1) is 12.0 Å². The van der Waals surface area contributed by atoms with Crippen LogP contribution in [0.2, 0.25) is 0 Å². The zero-order valence-electron chi connectivity index (χ0n) is 9.84. The number of carboxylic acids is 1. The summed E-state index contributed by atoms with van der Waals surface area (Å²) in [6, 6.07) is 8.90. The molecule has 2 atom stereocenters. The van der Waals surface area contributed by atoms with Gasteiger partial charge in [-0.05, 0) is 11.0 Å². The first kappa shape index (κ1) is 12.7. The summed E-state index contributed by atoms with van der Waals surface area (Å²) in [6.07, 6.45) is -0.973. The van der Waals surface area contributed by atoms with Crippen molar-refractivity contribution in [2.75, 3.05) is 0 Å². The van der Waals surface area contributed by atoms with Crippen LogP contribution in [-0.4, -0.2) is 16.2 Å². The van der Waals surface area contributed by atoms with Crippen molar-refractivity contribution in [3.8, 4) is 0 Å². The van der Waals surface area contributed by atoms with Crippen molar-refractivity contribution in [2.24, 2.45) is 11.3 Å². The predicted octanol–water partition coefficient (Wildman–Crippen LogP) is 2.47. The second-order valence-electron chi connectivity index (χ2n) is 5.04. The monoisotopic (exact) mass is 222 g/mol. The lowest BCUT2D eigenvalue weighted by Crippen LogP contribution is -2.33. The van der Waals surface area contributed by atoms with Gasteiger partial charge in [-0.25, -0.2) is 0 Å². The highest BCUT2D eigenvalue weighted by Gasteiger charge is 2.37. The van der Waals surface area contributed by atoms with Gasteiger partial charge in [0, 0.05) is 0 Å². The van der Waals surface area contributed by atoms with Crippen LogP contribution in [0.4, 0.5) is 0 Å². The average Bonchev–Trinajstić information content (AvgIpc) is 2.16. The van der Waals surface area contributed by atoms with Gasteiger partial charge < -0.3 is 10.2 Å². The van der Waals surface area contributed by atoms with Gasteiger partial charge in [0.25, 0.3) is 0 Å². The zero-order valence-corrected chi connectivity index (χ0v) is 9.84. The third-order valence-corrected chi connectivity index (χ3v) is 2.66. The second-order valence-corrected chi connectivity index (χ2v) is 5.04. The largest absolute Gasteiger partial charge is 0.481 e. The maximum Gasteiger partial charge on any atom is 0.310 e. The molecule has 0 spiro atoms. The lowest BCUT2D eigenvalue weighted by Gasteiger charge is -2.31. The summed E-state index contributed by atoms with van der Waals surface area (Å²) in [7, 11) is 0. The van der Waals surface area contributed by atoms with E-state index in [-0.39, 0.29) is 0 Å². The lowest BCUT2D eigenvalue weighted by atomic mass is 9.75. The Morgan fingerprint density at radius 1 is 1.19 bits per heavy atom. The number of aliphatic carboxylic acids is 1. The van der Waals surface area contributed by atoms with E-state index in [4.69, 9.17) is 0 Å². The fourth-order valence-corrected chi connectivity index (χ4v) is 1.82. The maximum atomic E-state index is 11.2. The summed E-state index contributed by atoms with van der Waals surface area (Å²) in [5, 5.41) is 19.3. The highest BCUT2D eigenvalue weighted by atomic mass is 16.4. The molecule has 0 aliphatic rings. The normalized spacial score (nSPS) is 15.5. The molecule has 2 N–H and O–H groups in total. The number of hydrogen-bond acceptors (Lipinski definition) is 2. The molecule has 0 bridgehead atoms. The SMILES string of the molecule is CC(C)(C)C(C(=O)O)C(O)c1ccccc1. The topological polar surface area (TPSA) is 57.5 Å². The van der Waals surface area contributed by atoms with E-state index < -0.39 is 23.4 Å². The van der Waals surface area contributed by atoms with Crippen LogP contribution >= 0.6 is 0 Å². The Kier molecular flexibility index (Phi) is 3.70. The minimum absolute atomic E-state index is 0.485. The molecule has 1 aromatic rings. The van der Waals surface area contributed by atoms with Crippen molar-refractivity contribution >= 4 is 5.97 Å². The molecule has 0 aliphatic heterocycles. The highest BCUT2D eigenvalue weighted by molar-refractivity contribution is 5.72. The molecule has 0 aliphatic carbocycles. The van der Waals surface area contributed by atoms with Gasteiger partial charge in [-0.2, -0.15) is 0 Å². The molecule has 0 radical (unpaired) electrons. The number of benzene rings is 1. The summed E-state index contributed by atoms with van der Waals surface area (Å²) >= 11 is 0. The van der Waals surface area contributed by atoms with Crippen molar-refractivity contribution in [2.45, 2.75) is 26.9 Å². The molecule has 0 aromatic heterocycles. The third-order valence-electron chi connectivity index (χ3n) is 2.66. The predicted molar refractivity (Wildman–Crippen MR) is 62.0 cm³/mol. The molecule has 3 heteroatoms. The van der Waals surface area contributed by atoms with Gasteiger partial charge in [-0.1, -0.05) is 51.1 Å². The Balaban J connectivity index is 3.02. The van der Waals surface area contributed by atoms with Crippen molar-refractivity contribution in [3.05, 3.63) is 35.9 Å². The van der Waals surface area contributed by atoms with Gasteiger partial charge in [-0.15, -0.1) is 0 Å². The number of aliphatic hydroxyl groups excluding tert-OH is 1. The standard InChI is InChI=1S/C13H18O3/c1-13(2,3)10(12(15)16)11(14)9-7-5-4-6-8-9/h4-8,10-11,14H,1-3H3,(H,15,16). The van der Waals surface area contributed by atoms with Crippen LogP contribution in [0.15, 0.2) is 30.3 Å². The van der Waals surface area contributed by atoms with Crippen LogP contribution in [-0.2, 0) is 4.79 Å². The zero-order chi connectivity index (χ0) is 12.3. The van der Waals surface area contributed by atoms with Crippen LogP contribution in [0.5, 0.6) is 0 Å². The minimum atomic E-state index is -0.973. The van der Waals surface area contributed by atoms with Crippen molar-refractivity contribution < 1.29 is 15.0 Å². The molecule has 0 amide bonds. The number of hydrogen-bond donors (Lipinski definition) is 2. The van der Waals surface area contributed by atoms with E-state index in [9.17, 15) is 15.0 Å². The Bertz CT molecular complexity index is 351. The van der Waals surface area contributed by atoms with Crippen LogP contribution in [0, 0.1) is 11.3 Å². The fraction of sp³-hybridized carbons (Fsp3) is 0.462. The molecule has 0 saturated heterocycles. The number of carboxylic acid groups (broad SMARTS) is 1. The average molecular weight is 222 g/mol. The summed E-state index contributed by atoms with van der Waals surface area (Å²) < 4.78 is 0. The summed E-state index contributed by atoms with van der Waals surface area (Å²) in [6.45, 7) is 5.45. The van der Waals surface area contributed by atoms with Crippen molar-refractivity contribution in [1.82, 2.24) is 0 Å². The van der Waals surface area contributed by atoms with Gasteiger partial charge in [0.15, 0.2) is 0 Å². The highest BCUT2D eigenvalue weighted by Crippen LogP contribution is 2.36. The van der Waals surface area contributed by atoms with Gasteiger partial charge in [-0.3, -0.25) is 4.79 Å². The molecule has 3 nitrogen and oxygen atoms in total. The smallest absolute Gasteiger partial charge is 0.310 e. The quantitative estimate of drug-likeness (QED) is 0.826. The van der Waals surface area contributed by atoms with E-state index in [0.717, 1.165) is 0 Å². The van der Waals surface area contributed by atoms with E-state index in [0.29, 0.717) is 5.56 Å². The van der Waals surface area contributed by atoms with E-state index >= 15 is 0 Å². The molecule has 88 valence electrons. The molecular weight excluding hydrogens is 204 g/mol. The van der Waals surface area contributed by atoms with Crippen molar-refractivity contribution in [1.29, 1.82) is 0 Å². The lowest BCUT2D eigenvalue weighted by molar-refractivity contribution is -0.151. The van der Waals surface area contributed by atoms with Gasteiger partial charge >= 0.3 is 5.97 Å². The van der Waals surface area contributed by atoms with Gasteiger partial charge in [0.2, 0.25) is 0 Å². The summed E-state index contributed by atoms with van der Waals surface area (Å²) in [5.41, 5.74) is 0.158. The molecular formula is C13H18O3. The third kappa shape index (κ3) is 2.83. The summed E-state index contributed by atoms with van der Waals surface area (Å²) in [5.74, 6) is -1.78. The van der Waals surface area contributed by atoms with Crippen LogP contribution in [0.1, 0.15) is 32.4 Å². The van der Waals surface area contributed by atoms with E-state index in [2.05, 4.69) is 0 Å². The first-order chi connectivity index (χ1) is 7.34. The van der Waals surface area contributed by atoms with Gasteiger partial charge in [0.1, 0.15) is 0 Å². The Morgan fingerprint density at radius 3 is 2.06 bits per heavy atom. The second kappa shape index (κ2) is 4.66. The minimum Gasteiger partial charge on any atom is -0.481 e. The first-order valence-corrected chi connectivity index (χ1v) is 5.30. The van der Waals surface area contributed by atoms with Crippen LogP contribution < -0.4 is 0 Å². The number of carbonyl (C=O) groups is 1. The number of aliphatic hydroxyl groups is 1. The van der Waals surface area contributed by atoms with Crippen LogP contribution in [0.25, 0.3) is 0 Å². The molecule has 1 aromatic carbocycles. The van der Waals surface area contributed by atoms with Crippen molar-refractivity contribution in [3.63, 3.8) is 0 Å². The van der Waals surface area contributed by atoms with E-state index in [1.54, 1.807) is 24.3 Å². The van der Waals surface area contributed by atoms with E-state index in [1.165, 1.54) is 0 Å². The number of rotatable bonds is 3. The summed E-state index contributed by atoms with van der Waals surface area (Å²) in [4.78, 5) is 11.2. The molecule has 16 heavy (non-hydrogen) atoms. The maximum absolute atomic E-state index is 11.2. The Labute approximate surface area is 95.7 Å². The molecule has 1 rings (SSSR count). The molecule has 2 unspecified atom stereocenters. The van der Waals surface area contributed by atoms with Crippen LogP contribution in [0.3, 0.4) is 0 Å². The Morgan fingerprint density at radius 2 is 1.69 bits per heavy atom. The Hall–Kier alpha value is -1.35. The van der Waals surface area contributed by atoms with E-state index in [1.807, 2.05) is 26.8 Å².